The molecule has 84 valence electrons. The number of nitrogens with one attached hydrogen (secondary N) is 2. The SMILES string of the molecule is NNN/C=C(\CC(F)(F)F)C(F)(F)F. The van der Waals surface area contributed by atoms with Crippen LogP contribution in [0.2, 0.25) is 0 Å². The first-order valence-corrected chi connectivity index (χ1v) is 3.21. The van der Waals surface area contributed by atoms with Gasteiger partial charge in [-0.1, -0.05) is 0 Å². The largest absolute Gasteiger partial charge is 0.414 e. The third kappa shape index (κ3) is 5.65. The number of nitrogens with two attached hydrogens (primary N) is 1. The van der Waals surface area contributed by atoms with Crippen molar-refractivity contribution in [3.05, 3.63) is 11.8 Å². The van der Waals surface area contributed by atoms with E-state index in [4.69, 9.17) is 0 Å². The lowest BCUT2D eigenvalue weighted by atomic mass is 10.2. The van der Waals surface area contributed by atoms with Crippen LogP contribution in [0.3, 0.4) is 0 Å². The van der Waals surface area contributed by atoms with Crippen LogP contribution in [0.25, 0.3) is 0 Å². The molecule has 0 spiro atoms. The summed E-state index contributed by atoms with van der Waals surface area (Å²) in [5.74, 6) is 4.53. The van der Waals surface area contributed by atoms with E-state index in [1.807, 2.05) is 0 Å². The summed E-state index contributed by atoms with van der Waals surface area (Å²) >= 11 is 0. The van der Waals surface area contributed by atoms with Crippen LogP contribution in [-0.4, -0.2) is 12.4 Å². The number of alkyl halides is 6. The lowest BCUT2D eigenvalue weighted by Crippen LogP contribution is -2.35. The molecule has 9 heteroatoms. The van der Waals surface area contributed by atoms with Crippen LogP contribution in [0.4, 0.5) is 26.3 Å². The van der Waals surface area contributed by atoms with Crippen LogP contribution in [0, 0.1) is 0 Å². The Balaban J connectivity index is 4.59. The Morgan fingerprint density at radius 2 is 1.64 bits per heavy atom. The minimum Gasteiger partial charge on any atom is -0.315 e. The summed E-state index contributed by atoms with van der Waals surface area (Å²) in [6.07, 6.45) is -11.9. The zero-order chi connectivity index (χ0) is 11.4. The molecule has 0 saturated carbocycles. The average Bonchev–Trinajstić information content (AvgIpc) is 1.93. The normalized spacial score (nSPS) is 14.4. The van der Waals surface area contributed by atoms with Crippen LogP contribution >= 0.6 is 0 Å². The van der Waals surface area contributed by atoms with Gasteiger partial charge in [0.1, 0.15) is 0 Å². The van der Waals surface area contributed by atoms with Gasteiger partial charge < -0.3 is 5.43 Å². The molecule has 3 nitrogen and oxygen atoms in total. The Morgan fingerprint density at radius 1 is 1.14 bits per heavy atom. The highest BCUT2D eigenvalue weighted by molar-refractivity contribution is 5.08. The van der Waals surface area contributed by atoms with E-state index >= 15 is 0 Å². The number of hydrogen-bond acceptors (Lipinski definition) is 3. The van der Waals surface area contributed by atoms with Crippen LogP contribution in [-0.2, 0) is 0 Å². The minimum atomic E-state index is -5.04. The second kappa shape index (κ2) is 4.51. The highest BCUT2D eigenvalue weighted by atomic mass is 19.4. The number of halogens is 6. The third-order valence-corrected chi connectivity index (χ3v) is 1.08. The van der Waals surface area contributed by atoms with E-state index in [0.717, 1.165) is 0 Å². The van der Waals surface area contributed by atoms with Crippen molar-refractivity contribution in [3.8, 4) is 0 Å². The van der Waals surface area contributed by atoms with E-state index in [9.17, 15) is 26.3 Å². The number of rotatable bonds is 3. The quantitative estimate of drug-likeness (QED) is 0.384. The van der Waals surface area contributed by atoms with E-state index in [-0.39, 0.29) is 6.20 Å². The van der Waals surface area contributed by atoms with Gasteiger partial charge in [0.2, 0.25) is 0 Å². The molecule has 4 N–H and O–H groups in total. The van der Waals surface area contributed by atoms with Crippen LogP contribution in [0.1, 0.15) is 6.42 Å². The van der Waals surface area contributed by atoms with E-state index < -0.39 is 24.3 Å². The van der Waals surface area contributed by atoms with Crippen LogP contribution in [0.15, 0.2) is 11.8 Å². The van der Waals surface area contributed by atoms with Crippen molar-refractivity contribution < 1.29 is 26.3 Å². The fraction of sp³-hybridized carbons (Fsp3) is 0.600. The first-order chi connectivity index (χ1) is 6.17. The maximum absolute atomic E-state index is 11.9. The Bertz CT molecular complexity index is 204. The first kappa shape index (κ1) is 13.0. The van der Waals surface area contributed by atoms with Crippen LogP contribution < -0.4 is 16.8 Å². The van der Waals surface area contributed by atoms with Crippen molar-refractivity contribution in [1.29, 1.82) is 0 Å². The summed E-state index contributed by atoms with van der Waals surface area (Å²) in [4.78, 5) is 0. The third-order valence-electron chi connectivity index (χ3n) is 1.08. The first-order valence-electron chi connectivity index (χ1n) is 3.21. The standard InChI is InChI=1S/C5H7F6N3/c6-4(7,8)1-3(2-13-14-12)5(9,10)11/h2,13-14H,1,12H2/b3-2+. The molecule has 0 aromatic heterocycles. The Morgan fingerprint density at radius 3 is 1.93 bits per heavy atom. The van der Waals surface area contributed by atoms with Gasteiger partial charge in [0.05, 0.1) is 12.0 Å². The lowest BCUT2D eigenvalue weighted by molar-refractivity contribution is -0.151. The molecule has 0 heterocycles. The zero-order valence-corrected chi connectivity index (χ0v) is 6.63. The summed E-state index contributed by atoms with van der Waals surface area (Å²) in [7, 11) is 0. The maximum atomic E-state index is 11.9. The topological polar surface area (TPSA) is 50.1 Å². The van der Waals surface area contributed by atoms with Gasteiger partial charge in [-0.25, -0.2) is 0 Å². The van der Waals surface area contributed by atoms with Gasteiger partial charge in [-0.15, -0.1) is 0 Å². The average molecular weight is 223 g/mol. The Kier molecular flexibility index (Phi) is 4.20. The summed E-state index contributed by atoms with van der Waals surface area (Å²) in [6, 6.07) is 0. The molecule has 0 atom stereocenters. The highest BCUT2D eigenvalue weighted by Gasteiger charge is 2.41. The van der Waals surface area contributed by atoms with Gasteiger partial charge in [-0.3, -0.25) is 5.84 Å². The second-order valence-electron chi connectivity index (χ2n) is 2.25. The summed E-state index contributed by atoms with van der Waals surface area (Å²) < 4.78 is 70.6. The lowest BCUT2D eigenvalue weighted by Gasteiger charge is -2.13. The predicted octanol–water partition coefficient (Wildman–Crippen LogP) is 1.35. The Hall–Kier alpha value is -0.960. The maximum Gasteiger partial charge on any atom is 0.414 e. The van der Waals surface area contributed by atoms with Crippen molar-refractivity contribution in [2.75, 3.05) is 0 Å². The molecule has 0 unspecified atom stereocenters. The van der Waals surface area contributed by atoms with E-state index in [1.54, 1.807) is 11.0 Å². The number of hydrogen-bond donors (Lipinski definition) is 3. The summed E-state index contributed by atoms with van der Waals surface area (Å²) in [5.41, 5.74) is 1.42. The molecule has 0 aromatic rings. The van der Waals surface area contributed by atoms with Gasteiger partial charge in [0, 0.05) is 6.20 Å². The van der Waals surface area contributed by atoms with E-state index in [1.165, 1.54) is 0 Å². The van der Waals surface area contributed by atoms with Gasteiger partial charge in [0.25, 0.3) is 0 Å². The molecule has 0 aromatic carbocycles. The van der Waals surface area contributed by atoms with Crippen molar-refractivity contribution in [2.45, 2.75) is 18.8 Å². The molecular formula is C5H7F6N3. The minimum absolute atomic E-state index is 0.119. The Labute approximate surface area is 74.9 Å². The van der Waals surface area contributed by atoms with Crippen molar-refractivity contribution in [2.24, 2.45) is 5.84 Å². The molecular weight excluding hydrogens is 216 g/mol. The fourth-order valence-corrected chi connectivity index (χ4v) is 0.578. The zero-order valence-electron chi connectivity index (χ0n) is 6.63. The molecule has 0 aliphatic carbocycles. The molecule has 14 heavy (non-hydrogen) atoms. The molecule has 0 fully saturated rings. The highest BCUT2D eigenvalue weighted by Crippen LogP contribution is 2.34. The van der Waals surface area contributed by atoms with Crippen LogP contribution in [0.5, 0.6) is 0 Å². The van der Waals surface area contributed by atoms with E-state index in [0.29, 0.717) is 0 Å². The van der Waals surface area contributed by atoms with Gasteiger partial charge >= 0.3 is 12.4 Å². The smallest absolute Gasteiger partial charge is 0.315 e. The van der Waals surface area contributed by atoms with Gasteiger partial charge in [0.15, 0.2) is 0 Å². The van der Waals surface area contributed by atoms with Gasteiger partial charge in [-0.2, -0.15) is 31.9 Å². The number of allylic oxidation sites excluding steroid dienone is 1. The van der Waals surface area contributed by atoms with E-state index in [2.05, 4.69) is 5.84 Å². The van der Waals surface area contributed by atoms with Crippen molar-refractivity contribution in [1.82, 2.24) is 11.0 Å². The molecule has 0 amide bonds. The summed E-state index contributed by atoms with van der Waals surface area (Å²) in [5, 5.41) is 0. The van der Waals surface area contributed by atoms with Crippen molar-refractivity contribution >= 4 is 0 Å². The molecule has 0 aliphatic heterocycles. The molecule has 0 bridgehead atoms. The van der Waals surface area contributed by atoms with Crippen molar-refractivity contribution in [3.63, 3.8) is 0 Å². The molecule has 0 saturated heterocycles. The molecule has 0 rings (SSSR count). The fourth-order valence-electron chi connectivity index (χ4n) is 0.578. The molecule has 0 aliphatic rings. The summed E-state index contributed by atoms with van der Waals surface area (Å²) in [6.45, 7) is 0. The second-order valence-corrected chi connectivity index (χ2v) is 2.25. The monoisotopic (exact) mass is 223 g/mol. The van der Waals surface area contributed by atoms with Gasteiger partial charge in [-0.05, 0) is 0 Å². The number of hydrazine groups is 2. The predicted molar refractivity (Wildman–Crippen MR) is 35.3 cm³/mol. The molecule has 0 radical (unpaired) electrons.